The molecule has 2 N–H and O–H groups in total. The van der Waals surface area contributed by atoms with E-state index in [4.69, 9.17) is 16.3 Å². The van der Waals surface area contributed by atoms with Gasteiger partial charge in [0.15, 0.2) is 11.0 Å². The number of hydrogen-bond donors (Lipinski definition) is 2. The van der Waals surface area contributed by atoms with Crippen LogP contribution in [0.1, 0.15) is 49.9 Å². The van der Waals surface area contributed by atoms with Crippen molar-refractivity contribution in [3.63, 3.8) is 0 Å². The van der Waals surface area contributed by atoms with Gasteiger partial charge in [-0.3, -0.25) is 9.59 Å². The van der Waals surface area contributed by atoms with Crippen molar-refractivity contribution in [3.8, 4) is 5.75 Å². The molecular formula is C25H30ClN5O3S. The van der Waals surface area contributed by atoms with Gasteiger partial charge >= 0.3 is 0 Å². The van der Waals surface area contributed by atoms with Crippen LogP contribution in [0.5, 0.6) is 5.75 Å². The number of nitrogens with one attached hydrogen (secondary N) is 2. The number of rotatable bonds is 11. The molecule has 3 aromatic rings. The zero-order valence-corrected chi connectivity index (χ0v) is 21.8. The van der Waals surface area contributed by atoms with Crippen molar-refractivity contribution in [1.82, 2.24) is 20.1 Å². The first kappa shape index (κ1) is 26.6. The maximum Gasteiger partial charge on any atom is 0.253 e. The van der Waals surface area contributed by atoms with Crippen LogP contribution < -0.4 is 15.4 Å². The second-order valence-electron chi connectivity index (χ2n) is 8.05. The van der Waals surface area contributed by atoms with Crippen LogP contribution in [0.2, 0.25) is 5.02 Å². The third-order valence-corrected chi connectivity index (χ3v) is 6.49. The van der Waals surface area contributed by atoms with Gasteiger partial charge in [-0.15, -0.1) is 10.2 Å². The summed E-state index contributed by atoms with van der Waals surface area (Å²) < 4.78 is 7.35. The predicted molar refractivity (Wildman–Crippen MR) is 139 cm³/mol. The van der Waals surface area contributed by atoms with Crippen LogP contribution in [0.25, 0.3) is 0 Å². The van der Waals surface area contributed by atoms with Crippen molar-refractivity contribution in [2.75, 3.05) is 17.7 Å². The smallest absolute Gasteiger partial charge is 0.253 e. The van der Waals surface area contributed by atoms with E-state index >= 15 is 0 Å². The molecule has 35 heavy (non-hydrogen) atoms. The molecule has 186 valence electrons. The van der Waals surface area contributed by atoms with Gasteiger partial charge in [0.2, 0.25) is 5.91 Å². The monoisotopic (exact) mass is 515 g/mol. The largest absolute Gasteiger partial charge is 0.494 e. The number of hydrogen-bond acceptors (Lipinski definition) is 6. The molecule has 0 aliphatic rings. The van der Waals surface area contributed by atoms with Crippen molar-refractivity contribution >= 4 is 40.9 Å². The molecule has 0 aliphatic heterocycles. The molecule has 0 radical (unpaired) electrons. The van der Waals surface area contributed by atoms with Crippen molar-refractivity contribution in [3.05, 3.63) is 64.9 Å². The summed E-state index contributed by atoms with van der Waals surface area (Å²) in [6.45, 7) is 9.08. The molecule has 2 amide bonds. The van der Waals surface area contributed by atoms with E-state index in [0.29, 0.717) is 40.4 Å². The molecule has 2 aromatic carbocycles. The summed E-state index contributed by atoms with van der Waals surface area (Å²) in [5, 5.41) is 15.6. The number of anilines is 1. The SMILES string of the molecule is CCOc1ccc(NC(=O)CSc2nnc([C@@H](NC(=O)c3ccccc3Cl)C(C)C)n2CC)cc1. The lowest BCUT2D eigenvalue weighted by Crippen LogP contribution is -2.34. The highest BCUT2D eigenvalue weighted by Crippen LogP contribution is 2.26. The summed E-state index contributed by atoms with van der Waals surface area (Å²) >= 11 is 7.50. The molecule has 0 saturated heterocycles. The van der Waals surface area contributed by atoms with Crippen molar-refractivity contribution in [2.45, 2.75) is 45.4 Å². The number of carbonyl (C=O) groups is 2. The number of ether oxygens (including phenoxy) is 1. The van der Waals surface area contributed by atoms with Gasteiger partial charge in [-0.2, -0.15) is 0 Å². The van der Waals surface area contributed by atoms with Crippen LogP contribution in [0.15, 0.2) is 53.7 Å². The number of aromatic nitrogens is 3. The van der Waals surface area contributed by atoms with Gasteiger partial charge in [-0.25, -0.2) is 0 Å². The van der Waals surface area contributed by atoms with Gasteiger partial charge in [0.05, 0.1) is 29.0 Å². The minimum atomic E-state index is -0.377. The Bertz CT molecular complexity index is 1150. The molecule has 0 fully saturated rings. The highest BCUT2D eigenvalue weighted by Gasteiger charge is 2.26. The Morgan fingerprint density at radius 3 is 2.43 bits per heavy atom. The first-order valence-corrected chi connectivity index (χ1v) is 12.8. The summed E-state index contributed by atoms with van der Waals surface area (Å²) in [6, 6.07) is 13.8. The highest BCUT2D eigenvalue weighted by molar-refractivity contribution is 7.99. The maximum atomic E-state index is 12.9. The Hall–Kier alpha value is -3.04. The molecule has 0 unspecified atom stereocenters. The van der Waals surface area contributed by atoms with Gasteiger partial charge in [0.25, 0.3) is 5.91 Å². The van der Waals surface area contributed by atoms with Crippen LogP contribution in [0, 0.1) is 5.92 Å². The Balaban J connectivity index is 1.68. The van der Waals surface area contributed by atoms with E-state index in [1.54, 1.807) is 36.4 Å². The topological polar surface area (TPSA) is 98.1 Å². The normalized spacial score (nSPS) is 11.8. The third-order valence-electron chi connectivity index (χ3n) is 5.19. The first-order valence-electron chi connectivity index (χ1n) is 11.5. The van der Waals surface area contributed by atoms with E-state index in [-0.39, 0.29) is 29.5 Å². The fourth-order valence-electron chi connectivity index (χ4n) is 3.46. The van der Waals surface area contributed by atoms with Crippen LogP contribution in [0.4, 0.5) is 5.69 Å². The summed E-state index contributed by atoms with van der Waals surface area (Å²) in [5.41, 5.74) is 1.10. The summed E-state index contributed by atoms with van der Waals surface area (Å²) in [7, 11) is 0. The van der Waals surface area contributed by atoms with Gasteiger partial charge in [0, 0.05) is 12.2 Å². The molecule has 8 nitrogen and oxygen atoms in total. The molecule has 0 aliphatic carbocycles. The summed E-state index contributed by atoms with van der Waals surface area (Å²) in [6.07, 6.45) is 0. The number of carbonyl (C=O) groups excluding carboxylic acids is 2. The fraction of sp³-hybridized carbons (Fsp3) is 0.360. The lowest BCUT2D eigenvalue weighted by atomic mass is 10.0. The van der Waals surface area contributed by atoms with Crippen LogP contribution >= 0.6 is 23.4 Å². The molecule has 1 aromatic heterocycles. The van der Waals surface area contributed by atoms with E-state index in [1.165, 1.54) is 11.8 Å². The molecule has 10 heteroatoms. The quantitative estimate of drug-likeness (QED) is 0.340. The van der Waals surface area contributed by atoms with Gasteiger partial charge in [-0.05, 0) is 56.2 Å². The number of benzene rings is 2. The van der Waals surface area contributed by atoms with Crippen LogP contribution in [-0.2, 0) is 11.3 Å². The van der Waals surface area contributed by atoms with E-state index < -0.39 is 0 Å². The third kappa shape index (κ3) is 6.99. The molecule has 0 bridgehead atoms. The van der Waals surface area contributed by atoms with E-state index in [9.17, 15) is 9.59 Å². The molecule has 0 saturated carbocycles. The van der Waals surface area contributed by atoms with Gasteiger partial charge in [-0.1, -0.05) is 49.3 Å². The number of nitrogens with zero attached hydrogens (tertiary/aromatic N) is 3. The lowest BCUT2D eigenvalue weighted by Gasteiger charge is -2.22. The maximum absolute atomic E-state index is 12.9. The van der Waals surface area contributed by atoms with Crippen molar-refractivity contribution in [1.29, 1.82) is 0 Å². The van der Waals surface area contributed by atoms with E-state index in [1.807, 2.05) is 44.4 Å². The number of thioether (sulfide) groups is 1. The molecule has 1 heterocycles. The minimum Gasteiger partial charge on any atom is -0.494 e. The standard InChI is InChI=1S/C25H30ClN5O3S/c1-5-31-23(22(16(3)4)28-24(33)19-9-7-8-10-20(19)26)29-30-25(31)35-15-21(32)27-17-11-13-18(14-12-17)34-6-2/h7-14,16,22H,5-6,15H2,1-4H3,(H,27,32)(H,28,33)/t22-/m0/s1. The molecule has 0 spiro atoms. The summed E-state index contributed by atoms with van der Waals surface area (Å²) in [5.74, 6) is 1.19. The summed E-state index contributed by atoms with van der Waals surface area (Å²) in [4.78, 5) is 25.4. The Labute approximate surface area is 214 Å². The Morgan fingerprint density at radius 2 is 1.80 bits per heavy atom. The zero-order valence-electron chi connectivity index (χ0n) is 20.2. The average molecular weight is 516 g/mol. The molecule has 1 atom stereocenters. The number of halogens is 1. The molecule has 3 rings (SSSR count). The fourth-order valence-corrected chi connectivity index (χ4v) is 4.49. The minimum absolute atomic E-state index is 0.0525. The second kappa shape index (κ2) is 12.6. The van der Waals surface area contributed by atoms with E-state index in [0.717, 1.165) is 5.75 Å². The lowest BCUT2D eigenvalue weighted by molar-refractivity contribution is -0.113. The average Bonchev–Trinajstić information content (AvgIpc) is 3.25. The van der Waals surface area contributed by atoms with E-state index in [2.05, 4.69) is 20.8 Å². The highest BCUT2D eigenvalue weighted by atomic mass is 35.5. The van der Waals surface area contributed by atoms with Gasteiger partial charge < -0.3 is 19.9 Å². The zero-order chi connectivity index (χ0) is 25.4. The van der Waals surface area contributed by atoms with Crippen molar-refractivity contribution < 1.29 is 14.3 Å². The van der Waals surface area contributed by atoms with Crippen molar-refractivity contribution in [2.24, 2.45) is 5.92 Å². The predicted octanol–water partition coefficient (Wildman–Crippen LogP) is 5.21. The second-order valence-corrected chi connectivity index (χ2v) is 9.40. The van der Waals surface area contributed by atoms with Gasteiger partial charge in [0.1, 0.15) is 5.75 Å². The molecular weight excluding hydrogens is 486 g/mol. The Kier molecular flexibility index (Phi) is 9.56. The van der Waals surface area contributed by atoms with Crippen LogP contribution in [-0.4, -0.2) is 38.9 Å². The first-order chi connectivity index (χ1) is 16.8. The number of amides is 2. The Morgan fingerprint density at radius 1 is 1.09 bits per heavy atom. The van der Waals surface area contributed by atoms with Crippen LogP contribution in [0.3, 0.4) is 0 Å².